The largest absolute Gasteiger partial charge is 0.486 e. The zero-order chi connectivity index (χ0) is 16.2. The summed E-state index contributed by atoms with van der Waals surface area (Å²) in [7, 11) is 0. The molecule has 1 unspecified atom stereocenters. The topological polar surface area (TPSA) is 46.6 Å². The highest BCUT2D eigenvalue weighted by Crippen LogP contribution is 2.27. The first kappa shape index (κ1) is 15.0. The summed E-state index contributed by atoms with van der Waals surface area (Å²) in [5, 5.41) is 0. The first-order valence-electron chi connectivity index (χ1n) is 7.57. The Kier molecular flexibility index (Phi) is 4.24. The number of imide groups is 1. The molecular formula is C19H17NO3. The lowest BCUT2D eigenvalue weighted by Crippen LogP contribution is -2.29. The van der Waals surface area contributed by atoms with Crippen LogP contribution in [0.2, 0.25) is 0 Å². The van der Waals surface area contributed by atoms with Crippen molar-refractivity contribution in [3.8, 4) is 5.75 Å². The number of hydrogen-bond acceptors (Lipinski definition) is 3. The lowest BCUT2D eigenvalue weighted by molar-refractivity contribution is -0.119. The van der Waals surface area contributed by atoms with E-state index in [1.165, 1.54) is 12.2 Å². The van der Waals surface area contributed by atoms with Gasteiger partial charge in [-0.3, -0.25) is 9.59 Å². The van der Waals surface area contributed by atoms with E-state index < -0.39 is 0 Å². The monoisotopic (exact) mass is 307 g/mol. The normalized spacial score (nSPS) is 15.1. The molecule has 23 heavy (non-hydrogen) atoms. The predicted octanol–water partition coefficient (Wildman–Crippen LogP) is 3.65. The number of amides is 2. The van der Waals surface area contributed by atoms with Gasteiger partial charge in [0.05, 0.1) is 5.69 Å². The molecule has 0 aromatic heterocycles. The maximum atomic E-state index is 11.7. The molecule has 2 aromatic carbocycles. The summed E-state index contributed by atoms with van der Waals surface area (Å²) >= 11 is 0. The van der Waals surface area contributed by atoms with Gasteiger partial charge in [0.2, 0.25) is 0 Å². The Balaban J connectivity index is 1.75. The van der Waals surface area contributed by atoms with Gasteiger partial charge < -0.3 is 4.74 Å². The molecule has 4 heteroatoms. The molecule has 1 atom stereocenters. The number of benzene rings is 2. The van der Waals surface area contributed by atoms with E-state index in [0.717, 1.165) is 16.9 Å². The minimum atomic E-state index is -0.320. The van der Waals surface area contributed by atoms with Crippen molar-refractivity contribution in [3.63, 3.8) is 0 Å². The molecule has 2 aromatic rings. The third-order valence-electron chi connectivity index (χ3n) is 3.72. The van der Waals surface area contributed by atoms with Crippen LogP contribution in [0.15, 0.2) is 66.7 Å². The summed E-state index contributed by atoms with van der Waals surface area (Å²) in [6, 6.07) is 17.0. The van der Waals surface area contributed by atoms with E-state index in [2.05, 4.69) is 6.92 Å². The lowest BCUT2D eigenvalue weighted by atomic mass is 10.1. The quantitative estimate of drug-likeness (QED) is 0.792. The third-order valence-corrected chi connectivity index (χ3v) is 3.72. The molecule has 1 heterocycles. The zero-order valence-corrected chi connectivity index (χ0v) is 12.8. The van der Waals surface area contributed by atoms with Gasteiger partial charge in [-0.15, -0.1) is 0 Å². The molecule has 0 spiro atoms. The fourth-order valence-corrected chi connectivity index (χ4v) is 2.55. The summed E-state index contributed by atoms with van der Waals surface area (Å²) < 4.78 is 6.02. The van der Waals surface area contributed by atoms with E-state index in [9.17, 15) is 9.59 Å². The van der Waals surface area contributed by atoms with Gasteiger partial charge in [-0.1, -0.05) is 37.3 Å². The highest BCUT2D eigenvalue weighted by molar-refractivity contribution is 6.28. The van der Waals surface area contributed by atoms with Gasteiger partial charge in [0.25, 0.3) is 11.8 Å². The summed E-state index contributed by atoms with van der Waals surface area (Å²) in [4.78, 5) is 24.5. The molecule has 3 rings (SSSR count). The smallest absolute Gasteiger partial charge is 0.258 e. The molecule has 0 radical (unpaired) electrons. The van der Waals surface area contributed by atoms with Gasteiger partial charge in [0.1, 0.15) is 11.9 Å². The number of carbonyl (C=O) groups excluding carboxylic acids is 2. The SMILES string of the molecule is CCC(Oc1ccc(N2C(=O)C=CC2=O)cc1)c1ccccc1. The van der Waals surface area contributed by atoms with Crippen LogP contribution >= 0.6 is 0 Å². The minimum Gasteiger partial charge on any atom is -0.486 e. The van der Waals surface area contributed by atoms with Crippen molar-refractivity contribution in [3.05, 3.63) is 72.3 Å². The van der Waals surface area contributed by atoms with Crippen molar-refractivity contribution >= 4 is 17.5 Å². The van der Waals surface area contributed by atoms with Gasteiger partial charge in [0.15, 0.2) is 0 Å². The van der Waals surface area contributed by atoms with Crippen LogP contribution < -0.4 is 9.64 Å². The summed E-state index contributed by atoms with van der Waals surface area (Å²) in [5.41, 5.74) is 1.67. The highest BCUT2D eigenvalue weighted by atomic mass is 16.5. The lowest BCUT2D eigenvalue weighted by Gasteiger charge is -2.19. The van der Waals surface area contributed by atoms with Crippen molar-refractivity contribution in [1.82, 2.24) is 0 Å². The Morgan fingerprint density at radius 3 is 2.09 bits per heavy atom. The molecule has 0 aliphatic carbocycles. The second-order valence-corrected chi connectivity index (χ2v) is 5.26. The van der Waals surface area contributed by atoms with E-state index in [1.54, 1.807) is 24.3 Å². The molecule has 1 aliphatic heterocycles. The summed E-state index contributed by atoms with van der Waals surface area (Å²) in [6.07, 6.45) is 3.36. The van der Waals surface area contributed by atoms with Gasteiger partial charge in [0, 0.05) is 12.2 Å². The zero-order valence-electron chi connectivity index (χ0n) is 12.8. The van der Waals surface area contributed by atoms with Crippen molar-refractivity contribution in [2.75, 3.05) is 4.90 Å². The fourth-order valence-electron chi connectivity index (χ4n) is 2.55. The standard InChI is InChI=1S/C19H17NO3/c1-2-17(14-6-4-3-5-7-14)23-16-10-8-15(9-11-16)20-18(21)12-13-19(20)22/h3-13,17H,2H2,1H3. The fraction of sp³-hybridized carbons (Fsp3) is 0.158. The van der Waals surface area contributed by atoms with E-state index in [4.69, 9.17) is 4.74 Å². The van der Waals surface area contributed by atoms with E-state index in [0.29, 0.717) is 11.4 Å². The average Bonchev–Trinajstić information content (AvgIpc) is 2.93. The number of ether oxygens (including phenoxy) is 1. The second kappa shape index (κ2) is 6.48. The summed E-state index contributed by atoms with van der Waals surface area (Å²) in [6.45, 7) is 2.07. The molecule has 116 valence electrons. The maximum Gasteiger partial charge on any atom is 0.258 e. The van der Waals surface area contributed by atoms with Crippen molar-refractivity contribution < 1.29 is 14.3 Å². The van der Waals surface area contributed by atoms with Crippen LogP contribution in [-0.4, -0.2) is 11.8 Å². The van der Waals surface area contributed by atoms with Crippen LogP contribution in [0.1, 0.15) is 25.0 Å². The molecule has 0 fully saturated rings. The van der Waals surface area contributed by atoms with Gasteiger partial charge in [-0.05, 0) is 36.2 Å². The van der Waals surface area contributed by atoms with Gasteiger partial charge in [-0.25, -0.2) is 4.90 Å². The number of anilines is 1. The van der Waals surface area contributed by atoms with E-state index in [1.807, 2.05) is 30.3 Å². The first-order chi connectivity index (χ1) is 11.2. The van der Waals surface area contributed by atoms with Crippen LogP contribution in [0.3, 0.4) is 0 Å². The Labute approximate surface area is 135 Å². The first-order valence-corrected chi connectivity index (χ1v) is 7.57. The predicted molar refractivity (Wildman–Crippen MR) is 88.2 cm³/mol. The molecular weight excluding hydrogens is 290 g/mol. The molecule has 0 bridgehead atoms. The second-order valence-electron chi connectivity index (χ2n) is 5.26. The van der Waals surface area contributed by atoms with E-state index in [-0.39, 0.29) is 17.9 Å². The molecule has 0 N–H and O–H groups in total. The Bertz CT molecular complexity index is 717. The molecule has 1 aliphatic rings. The Hall–Kier alpha value is -2.88. The molecule has 2 amide bonds. The van der Waals surface area contributed by atoms with Crippen molar-refractivity contribution in [2.45, 2.75) is 19.4 Å². The molecule has 4 nitrogen and oxygen atoms in total. The van der Waals surface area contributed by atoms with E-state index >= 15 is 0 Å². The highest BCUT2D eigenvalue weighted by Gasteiger charge is 2.25. The molecule has 0 saturated heterocycles. The number of nitrogens with zero attached hydrogens (tertiary/aromatic N) is 1. The third kappa shape index (κ3) is 3.16. The number of rotatable bonds is 5. The Morgan fingerprint density at radius 2 is 1.52 bits per heavy atom. The van der Waals surface area contributed by atoms with Crippen molar-refractivity contribution in [2.24, 2.45) is 0 Å². The summed E-state index contributed by atoms with van der Waals surface area (Å²) in [5.74, 6) is 0.0651. The number of hydrogen-bond donors (Lipinski definition) is 0. The van der Waals surface area contributed by atoms with Crippen LogP contribution in [0, 0.1) is 0 Å². The average molecular weight is 307 g/mol. The van der Waals surface area contributed by atoms with Crippen LogP contribution in [0.25, 0.3) is 0 Å². The van der Waals surface area contributed by atoms with Crippen LogP contribution in [-0.2, 0) is 9.59 Å². The number of carbonyl (C=O) groups is 2. The Morgan fingerprint density at radius 1 is 0.913 bits per heavy atom. The minimum absolute atomic E-state index is 0.0289. The maximum absolute atomic E-state index is 11.7. The van der Waals surface area contributed by atoms with Crippen LogP contribution in [0.5, 0.6) is 5.75 Å². The van der Waals surface area contributed by atoms with Gasteiger partial charge >= 0.3 is 0 Å². The van der Waals surface area contributed by atoms with Crippen molar-refractivity contribution in [1.29, 1.82) is 0 Å². The van der Waals surface area contributed by atoms with Gasteiger partial charge in [-0.2, -0.15) is 0 Å². The molecule has 0 saturated carbocycles. The van der Waals surface area contributed by atoms with Crippen LogP contribution in [0.4, 0.5) is 5.69 Å².